The van der Waals surface area contributed by atoms with Gasteiger partial charge in [0.1, 0.15) is 0 Å². The van der Waals surface area contributed by atoms with Crippen LogP contribution in [0, 0.1) is 0 Å². The smallest absolute Gasteiger partial charge is 0.282 e. The lowest BCUT2D eigenvalue weighted by Gasteiger charge is -1.97. The molecular weight excluding hydrogens is 230 g/mol. The Hall–Kier alpha value is -1.96. The molecule has 0 unspecified atom stereocenters. The molecule has 2 aromatic rings. The first-order valence-corrected chi connectivity index (χ1v) is 5.30. The highest BCUT2D eigenvalue weighted by molar-refractivity contribution is 7.17. The number of amides is 1. The molecule has 0 spiro atoms. The number of carbonyl (C=O) groups is 1. The summed E-state index contributed by atoms with van der Waals surface area (Å²) in [4.78, 5) is 11.6. The molecule has 2 N–H and O–H groups in total. The van der Waals surface area contributed by atoms with Crippen molar-refractivity contribution in [3.63, 3.8) is 0 Å². The van der Waals surface area contributed by atoms with Gasteiger partial charge in [-0.3, -0.25) is 4.79 Å². The maximum Gasteiger partial charge on any atom is 0.282 e. The Morgan fingerprint density at radius 3 is 3.06 bits per heavy atom. The van der Waals surface area contributed by atoms with Crippen molar-refractivity contribution in [1.82, 2.24) is 20.7 Å². The highest BCUT2D eigenvalue weighted by Gasteiger charge is 2.12. The fraction of sp³-hybridized carbons (Fsp3) is 0.250. The maximum atomic E-state index is 11.6. The van der Waals surface area contributed by atoms with E-state index in [2.05, 4.69) is 26.0 Å². The second-order valence-electron chi connectivity index (χ2n) is 2.82. The monoisotopic (exact) mass is 239 g/mol. The molecule has 84 valence electrons. The molecule has 7 nitrogen and oxygen atoms in total. The molecule has 2 heterocycles. The third-order valence-corrected chi connectivity index (χ3v) is 2.69. The first-order valence-electron chi connectivity index (χ1n) is 4.48. The second kappa shape index (κ2) is 4.71. The Balaban J connectivity index is 1.93. The minimum absolute atomic E-state index is 0.282. The van der Waals surface area contributed by atoms with Crippen LogP contribution in [0.1, 0.15) is 15.6 Å². The van der Waals surface area contributed by atoms with E-state index in [1.54, 1.807) is 13.1 Å². The largest absolute Gasteiger partial charge is 0.363 e. The predicted octanol–water partition coefficient (Wildman–Crippen LogP) is 0.498. The van der Waals surface area contributed by atoms with Crippen LogP contribution in [0.25, 0.3) is 0 Å². The summed E-state index contributed by atoms with van der Waals surface area (Å²) in [6.07, 6.45) is 1.52. The molecule has 0 aliphatic rings. The summed E-state index contributed by atoms with van der Waals surface area (Å²) in [5.74, 6) is 0.308. The summed E-state index contributed by atoms with van der Waals surface area (Å²) in [5.41, 5.74) is 0. The number of aromatic nitrogens is 3. The van der Waals surface area contributed by atoms with Gasteiger partial charge in [0, 0.05) is 13.1 Å². The Morgan fingerprint density at radius 1 is 1.56 bits per heavy atom. The number of rotatable bonds is 4. The van der Waals surface area contributed by atoms with Gasteiger partial charge in [0.25, 0.3) is 5.91 Å². The number of hydrogen-bond donors (Lipinski definition) is 2. The number of nitrogens with one attached hydrogen (secondary N) is 2. The van der Waals surface area contributed by atoms with E-state index in [1.807, 2.05) is 0 Å². The fourth-order valence-corrected chi connectivity index (χ4v) is 1.61. The van der Waals surface area contributed by atoms with E-state index in [9.17, 15) is 4.79 Å². The molecule has 0 atom stereocenters. The van der Waals surface area contributed by atoms with Crippen molar-refractivity contribution in [2.24, 2.45) is 0 Å². The van der Waals surface area contributed by atoms with Gasteiger partial charge in [-0.1, -0.05) is 16.5 Å². The minimum atomic E-state index is -0.282. The molecule has 0 radical (unpaired) electrons. The molecule has 8 heteroatoms. The summed E-state index contributed by atoms with van der Waals surface area (Å²) in [6, 6.07) is 1.68. The average Bonchev–Trinajstić information content (AvgIpc) is 2.96. The lowest BCUT2D eigenvalue weighted by Crippen LogP contribution is -2.22. The normalized spacial score (nSPS) is 10.1. The van der Waals surface area contributed by atoms with Gasteiger partial charge in [-0.15, -0.1) is 10.2 Å². The van der Waals surface area contributed by atoms with Crippen molar-refractivity contribution >= 4 is 22.4 Å². The van der Waals surface area contributed by atoms with Crippen LogP contribution in [0.15, 0.2) is 16.8 Å². The molecule has 0 saturated carbocycles. The van der Waals surface area contributed by atoms with Crippen LogP contribution in [0.5, 0.6) is 0 Å². The zero-order chi connectivity index (χ0) is 11.4. The van der Waals surface area contributed by atoms with Crippen LogP contribution in [-0.2, 0) is 6.54 Å². The average molecular weight is 239 g/mol. The van der Waals surface area contributed by atoms with Gasteiger partial charge >= 0.3 is 0 Å². The second-order valence-corrected chi connectivity index (χ2v) is 3.80. The Labute approximate surface area is 94.9 Å². The van der Waals surface area contributed by atoms with E-state index in [4.69, 9.17) is 4.52 Å². The molecule has 2 aromatic heterocycles. The first-order chi connectivity index (χ1) is 7.79. The van der Waals surface area contributed by atoms with E-state index in [0.29, 0.717) is 15.9 Å². The van der Waals surface area contributed by atoms with Crippen LogP contribution < -0.4 is 10.6 Å². The van der Waals surface area contributed by atoms with Crippen LogP contribution in [-0.4, -0.2) is 28.3 Å². The summed E-state index contributed by atoms with van der Waals surface area (Å²) in [5, 5.41) is 17.4. The van der Waals surface area contributed by atoms with Crippen molar-refractivity contribution in [2.75, 3.05) is 12.4 Å². The van der Waals surface area contributed by atoms with Crippen LogP contribution in [0.2, 0.25) is 0 Å². The molecule has 1 amide bonds. The Morgan fingerprint density at radius 2 is 2.44 bits per heavy atom. The zero-order valence-corrected chi connectivity index (χ0v) is 9.24. The van der Waals surface area contributed by atoms with Crippen molar-refractivity contribution in [2.45, 2.75) is 6.54 Å². The highest BCUT2D eigenvalue weighted by Crippen LogP contribution is 2.13. The summed E-state index contributed by atoms with van der Waals surface area (Å²) in [6.45, 7) is 0.285. The van der Waals surface area contributed by atoms with E-state index >= 15 is 0 Å². The third-order valence-electron chi connectivity index (χ3n) is 1.75. The van der Waals surface area contributed by atoms with Crippen LogP contribution >= 0.6 is 11.3 Å². The summed E-state index contributed by atoms with van der Waals surface area (Å²) in [7, 11) is 1.72. The molecule has 0 aliphatic carbocycles. The number of hydrogen-bond acceptors (Lipinski definition) is 7. The lowest BCUT2D eigenvalue weighted by atomic mass is 10.4. The number of carbonyl (C=O) groups excluding carboxylic acids is 1. The Kier molecular flexibility index (Phi) is 3.10. The van der Waals surface area contributed by atoms with Gasteiger partial charge in [0.05, 0.1) is 12.7 Å². The molecule has 0 saturated heterocycles. The topological polar surface area (TPSA) is 92.9 Å². The van der Waals surface area contributed by atoms with Gasteiger partial charge in [-0.25, -0.2) is 0 Å². The molecule has 0 fully saturated rings. The fourth-order valence-electron chi connectivity index (χ4n) is 0.992. The number of anilines is 1. The first kappa shape index (κ1) is 10.6. The Bertz CT molecular complexity index is 466. The highest BCUT2D eigenvalue weighted by atomic mass is 32.1. The zero-order valence-electron chi connectivity index (χ0n) is 8.43. The van der Waals surface area contributed by atoms with E-state index < -0.39 is 0 Å². The molecule has 0 aromatic carbocycles. The maximum absolute atomic E-state index is 11.6. The van der Waals surface area contributed by atoms with Crippen molar-refractivity contribution in [3.05, 3.63) is 23.0 Å². The van der Waals surface area contributed by atoms with Crippen molar-refractivity contribution in [1.29, 1.82) is 0 Å². The number of nitrogens with zero attached hydrogens (tertiary/aromatic N) is 3. The molecule has 16 heavy (non-hydrogen) atoms. The van der Waals surface area contributed by atoms with Crippen LogP contribution in [0.3, 0.4) is 0 Å². The van der Waals surface area contributed by atoms with Crippen molar-refractivity contribution < 1.29 is 9.32 Å². The van der Waals surface area contributed by atoms with E-state index in [0.717, 1.165) is 0 Å². The molecule has 2 rings (SSSR count). The van der Waals surface area contributed by atoms with Gasteiger partial charge < -0.3 is 15.2 Å². The minimum Gasteiger partial charge on any atom is -0.363 e. The molecule has 0 aliphatic heterocycles. The SMILES string of the molecule is CNc1nnc(C(=O)NCc2ccno2)s1. The van der Waals surface area contributed by atoms with Crippen LogP contribution in [0.4, 0.5) is 5.13 Å². The summed E-state index contributed by atoms with van der Waals surface area (Å²) < 4.78 is 4.84. The van der Waals surface area contributed by atoms with Gasteiger partial charge in [-0.2, -0.15) is 0 Å². The third kappa shape index (κ3) is 2.34. The van der Waals surface area contributed by atoms with Gasteiger partial charge in [0.15, 0.2) is 5.76 Å². The quantitative estimate of drug-likeness (QED) is 0.807. The lowest BCUT2D eigenvalue weighted by molar-refractivity contribution is 0.0946. The van der Waals surface area contributed by atoms with E-state index in [1.165, 1.54) is 17.5 Å². The summed E-state index contributed by atoms with van der Waals surface area (Å²) >= 11 is 1.19. The van der Waals surface area contributed by atoms with Gasteiger partial charge in [-0.05, 0) is 0 Å². The molecule has 0 bridgehead atoms. The van der Waals surface area contributed by atoms with Crippen molar-refractivity contribution in [3.8, 4) is 0 Å². The predicted molar refractivity (Wildman–Crippen MR) is 57.1 cm³/mol. The standard InChI is InChI=1S/C8H9N5O2S/c1-9-8-13-12-7(16-8)6(14)10-4-5-2-3-11-15-5/h2-3H,4H2,1H3,(H,9,13)(H,10,14). The molecular formula is C8H9N5O2S. The van der Waals surface area contributed by atoms with E-state index in [-0.39, 0.29) is 12.5 Å². The van der Waals surface area contributed by atoms with Gasteiger partial charge in [0.2, 0.25) is 10.1 Å².